The zero-order valence-corrected chi connectivity index (χ0v) is 9.07. The number of nitrogens with zero attached hydrogens (tertiary/aromatic N) is 3. The molecule has 0 N–H and O–H groups in total. The van der Waals surface area contributed by atoms with E-state index >= 15 is 0 Å². The number of anilines is 1. The molecule has 0 aliphatic rings. The summed E-state index contributed by atoms with van der Waals surface area (Å²) in [5, 5.41) is 16.7. The maximum absolute atomic E-state index is 8.62. The predicted octanol–water partition coefficient (Wildman–Crippen LogP) is 2.13. The van der Waals surface area contributed by atoms with E-state index in [1.54, 1.807) is 12.1 Å². The first-order valence-corrected chi connectivity index (χ1v) is 4.86. The summed E-state index contributed by atoms with van der Waals surface area (Å²) in [5.41, 5.74) is 1.56. The van der Waals surface area contributed by atoms with Crippen LogP contribution >= 0.6 is 11.6 Å². The van der Waals surface area contributed by atoms with Gasteiger partial charge in [-0.2, -0.15) is 10.5 Å². The van der Waals surface area contributed by atoms with Gasteiger partial charge in [0.05, 0.1) is 17.7 Å². The van der Waals surface area contributed by atoms with Crippen molar-refractivity contribution in [2.45, 2.75) is 5.38 Å². The van der Waals surface area contributed by atoms with Crippen LogP contribution < -0.4 is 4.90 Å². The highest BCUT2D eigenvalue weighted by molar-refractivity contribution is 6.22. The lowest BCUT2D eigenvalue weighted by molar-refractivity contribution is 0.910. The minimum absolute atomic E-state index is 0.462. The first kappa shape index (κ1) is 11.4. The monoisotopic (exact) mass is 219 g/mol. The Balaban J connectivity index is 2.71. The highest BCUT2D eigenvalue weighted by Gasteiger charge is 2.07. The second kappa shape index (κ2) is 5.24. The summed E-state index contributed by atoms with van der Waals surface area (Å²) in [6.07, 6.45) is 0. The van der Waals surface area contributed by atoms with Gasteiger partial charge in [-0.15, -0.1) is 11.6 Å². The van der Waals surface area contributed by atoms with Gasteiger partial charge in [0.1, 0.15) is 5.38 Å². The van der Waals surface area contributed by atoms with Crippen LogP contribution in [0.15, 0.2) is 24.3 Å². The number of hydrogen-bond donors (Lipinski definition) is 0. The van der Waals surface area contributed by atoms with Gasteiger partial charge in [-0.05, 0) is 24.3 Å². The van der Waals surface area contributed by atoms with E-state index in [9.17, 15) is 0 Å². The number of nitriles is 2. The molecular weight excluding hydrogens is 210 g/mol. The Hall–Kier alpha value is -1.71. The predicted molar refractivity (Wildman–Crippen MR) is 59.7 cm³/mol. The van der Waals surface area contributed by atoms with Gasteiger partial charge in [-0.1, -0.05) is 0 Å². The van der Waals surface area contributed by atoms with Gasteiger partial charge >= 0.3 is 0 Å². The number of rotatable bonds is 3. The summed E-state index contributed by atoms with van der Waals surface area (Å²) >= 11 is 5.71. The van der Waals surface area contributed by atoms with E-state index < -0.39 is 5.38 Å². The molecule has 0 aliphatic carbocycles. The van der Waals surface area contributed by atoms with Gasteiger partial charge in [-0.3, -0.25) is 0 Å². The van der Waals surface area contributed by atoms with E-state index in [1.807, 2.05) is 36.2 Å². The molecule has 0 aliphatic heterocycles. The normalized spacial score (nSPS) is 11.2. The maximum atomic E-state index is 8.62. The van der Waals surface area contributed by atoms with Crippen LogP contribution in [0.2, 0.25) is 0 Å². The molecule has 0 aromatic heterocycles. The molecule has 0 heterocycles. The second-order valence-corrected chi connectivity index (χ2v) is 3.66. The molecule has 4 heteroatoms. The summed E-state index contributed by atoms with van der Waals surface area (Å²) < 4.78 is 0. The van der Waals surface area contributed by atoms with Crippen LogP contribution in [0.3, 0.4) is 0 Å². The van der Waals surface area contributed by atoms with Crippen LogP contribution in [-0.4, -0.2) is 19.0 Å². The quantitative estimate of drug-likeness (QED) is 0.732. The first-order chi connectivity index (χ1) is 7.17. The van der Waals surface area contributed by atoms with Crippen LogP contribution in [-0.2, 0) is 0 Å². The maximum Gasteiger partial charge on any atom is 0.137 e. The molecule has 0 saturated carbocycles. The third kappa shape index (κ3) is 3.16. The van der Waals surface area contributed by atoms with E-state index in [2.05, 4.69) is 0 Å². The SMILES string of the molecule is CN(CC(Cl)C#N)c1ccc(C#N)cc1. The fourth-order valence-electron chi connectivity index (χ4n) is 1.18. The zero-order chi connectivity index (χ0) is 11.3. The topological polar surface area (TPSA) is 50.8 Å². The molecule has 1 rings (SSSR count). The Kier molecular flexibility index (Phi) is 3.97. The summed E-state index contributed by atoms with van der Waals surface area (Å²) in [5.74, 6) is 0. The van der Waals surface area contributed by atoms with Gasteiger partial charge in [0.2, 0.25) is 0 Å². The third-order valence-corrected chi connectivity index (χ3v) is 2.25. The molecule has 1 atom stereocenters. The van der Waals surface area contributed by atoms with Crippen molar-refractivity contribution < 1.29 is 0 Å². The average Bonchev–Trinajstić information content (AvgIpc) is 2.29. The van der Waals surface area contributed by atoms with Crippen molar-refractivity contribution in [1.82, 2.24) is 0 Å². The van der Waals surface area contributed by atoms with Crippen molar-refractivity contribution in [3.05, 3.63) is 29.8 Å². The molecule has 1 unspecified atom stereocenters. The van der Waals surface area contributed by atoms with Gasteiger partial charge in [0.25, 0.3) is 0 Å². The highest BCUT2D eigenvalue weighted by Crippen LogP contribution is 2.14. The summed E-state index contributed by atoms with van der Waals surface area (Å²) in [6, 6.07) is 11.1. The van der Waals surface area contributed by atoms with Crippen LogP contribution in [0.4, 0.5) is 5.69 Å². The highest BCUT2D eigenvalue weighted by atomic mass is 35.5. The lowest BCUT2D eigenvalue weighted by Gasteiger charge is -2.19. The van der Waals surface area contributed by atoms with Gasteiger partial charge in [0, 0.05) is 19.3 Å². The van der Waals surface area contributed by atoms with Crippen LogP contribution in [0.5, 0.6) is 0 Å². The second-order valence-electron chi connectivity index (χ2n) is 3.14. The number of alkyl halides is 1. The Bertz CT molecular complexity index is 399. The van der Waals surface area contributed by atoms with Crippen LogP contribution in [0.25, 0.3) is 0 Å². The largest absolute Gasteiger partial charge is 0.372 e. The van der Waals surface area contributed by atoms with Crippen molar-refractivity contribution in [3.8, 4) is 12.1 Å². The molecule has 0 spiro atoms. The van der Waals surface area contributed by atoms with E-state index in [4.69, 9.17) is 22.1 Å². The molecular formula is C11H10ClN3. The molecule has 1 aromatic carbocycles. The molecule has 0 bridgehead atoms. The molecule has 0 saturated heterocycles. The smallest absolute Gasteiger partial charge is 0.137 e. The third-order valence-electron chi connectivity index (χ3n) is 2.01. The van der Waals surface area contributed by atoms with Gasteiger partial charge in [-0.25, -0.2) is 0 Å². The van der Waals surface area contributed by atoms with Gasteiger partial charge in [0.15, 0.2) is 0 Å². The molecule has 0 radical (unpaired) electrons. The van der Waals surface area contributed by atoms with Crippen molar-refractivity contribution in [2.75, 3.05) is 18.5 Å². The summed E-state index contributed by atoms with van der Waals surface area (Å²) in [4.78, 5) is 1.88. The van der Waals surface area contributed by atoms with Crippen molar-refractivity contribution >= 4 is 17.3 Å². The Morgan fingerprint density at radius 2 is 1.93 bits per heavy atom. The molecule has 76 valence electrons. The number of hydrogen-bond acceptors (Lipinski definition) is 3. The Labute approximate surface area is 94.1 Å². The minimum Gasteiger partial charge on any atom is -0.372 e. The molecule has 0 amide bonds. The zero-order valence-electron chi connectivity index (χ0n) is 8.31. The van der Waals surface area contributed by atoms with E-state index in [0.717, 1.165) is 5.69 Å². The summed E-state index contributed by atoms with van der Waals surface area (Å²) in [7, 11) is 1.86. The van der Waals surface area contributed by atoms with E-state index in [0.29, 0.717) is 12.1 Å². The lowest BCUT2D eigenvalue weighted by atomic mass is 10.2. The minimum atomic E-state index is -0.523. The standard InChI is InChI=1S/C11H10ClN3/c1-15(8-10(12)7-14)11-4-2-9(6-13)3-5-11/h2-5,10H,8H2,1H3. The van der Waals surface area contributed by atoms with E-state index in [1.165, 1.54) is 0 Å². The Morgan fingerprint density at radius 3 is 2.40 bits per heavy atom. The Morgan fingerprint density at radius 1 is 1.33 bits per heavy atom. The molecule has 3 nitrogen and oxygen atoms in total. The number of benzene rings is 1. The number of halogens is 1. The van der Waals surface area contributed by atoms with Gasteiger partial charge < -0.3 is 4.90 Å². The first-order valence-electron chi connectivity index (χ1n) is 4.42. The summed E-state index contributed by atoms with van der Waals surface area (Å²) in [6.45, 7) is 0.462. The van der Waals surface area contributed by atoms with Crippen molar-refractivity contribution in [3.63, 3.8) is 0 Å². The fraction of sp³-hybridized carbons (Fsp3) is 0.273. The van der Waals surface area contributed by atoms with Crippen molar-refractivity contribution in [2.24, 2.45) is 0 Å². The molecule has 1 aromatic rings. The lowest BCUT2D eigenvalue weighted by Crippen LogP contribution is -2.24. The van der Waals surface area contributed by atoms with Crippen molar-refractivity contribution in [1.29, 1.82) is 10.5 Å². The van der Waals surface area contributed by atoms with Crippen LogP contribution in [0, 0.1) is 22.7 Å². The molecule has 0 fully saturated rings. The average molecular weight is 220 g/mol. The van der Waals surface area contributed by atoms with E-state index in [-0.39, 0.29) is 0 Å². The van der Waals surface area contributed by atoms with Crippen LogP contribution in [0.1, 0.15) is 5.56 Å². The molecule has 15 heavy (non-hydrogen) atoms. The fourth-order valence-corrected chi connectivity index (χ4v) is 1.38.